The third kappa shape index (κ3) is 4.16. The minimum atomic E-state index is -1.35. The molecule has 7 heteroatoms. The van der Waals surface area contributed by atoms with Crippen molar-refractivity contribution in [3.05, 3.63) is 68.4 Å². The Hall–Kier alpha value is -4.87. The standard InChI is InChI=1S/C20H5F2N5/c1-3-4-5-6-7-8-27-16(12-26)18-15(11-25)19(21)17(13(2)9-23)14(10-24)20(18)22/h1H2,2H3/b17-13+,18-16-. The SMILES string of the molecule is C=C=C=C=C=C=C=N/C(C#N)=c1\c(F)c(C#N)/c(=C(/C)C#N)c(F)c1C#N. The molecule has 0 unspecified atom stereocenters. The maximum Gasteiger partial charge on any atom is 0.162 e. The molecular formula is C20H5F2N5. The lowest BCUT2D eigenvalue weighted by atomic mass is 10.0. The molecule has 1 rings (SSSR count). The quantitative estimate of drug-likeness (QED) is 0.565. The molecule has 0 aliphatic carbocycles. The average molecular weight is 353 g/mol. The third-order valence-electron chi connectivity index (χ3n) is 2.99. The first-order valence-corrected chi connectivity index (χ1v) is 6.82. The van der Waals surface area contributed by atoms with Crippen molar-refractivity contribution in [1.29, 1.82) is 21.0 Å². The topological polar surface area (TPSA) is 108 Å². The summed E-state index contributed by atoms with van der Waals surface area (Å²) in [6, 6.07) is 5.97. The van der Waals surface area contributed by atoms with Gasteiger partial charge in [0.2, 0.25) is 0 Å². The van der Waals surface area contributed by atoms with Crippen molar-refractivity contribution in [2.75, 3.05) is 0 Å². The molecule has 1 aromatic carbocycles. The molecule has 1 aromatic rings. The van der Waals surface area contributed by atoms with Crippen LogP contribution in [0.25, 0.3) is 11.3 Å². The van der Waals surface area contributed by atoms with Crippen LogP contribution in [0.2, 0.25) is 0 Å². The van der Waals surface area contributed by atoms with Crippen LogP contribution in [-0.2, 0) is 0 Å². The zero-order valence-electron chi connectivity index (χ0n) is 13.7. The Bertz CT molecular complexity index is 1370. The van der Waals surface area contributed by atoms with E-state index in [0.29, 0.717) is 0 Å². The number of aliphatic imine (C=N–C) groups is 1. The fourth-order valence-corrected chi connectivity index (χ4v) is 1.88. The second kappa shape index (κ2) is 9.43. The number of nitrogens with zero attached hydrogens (tertiary/aromatic N) is 5. The predicted molar refractivity (Wildman–Crippen MR) is 89.4 cm³/mol. The number of nitriles is 4. The van der Waals surface area contributed by atoms with Gasteiger partial charge in [0.15, 0.2) is 17.3 Å². The van der Waals surface area contributed by atoms with Crippen molar-refractivity contribution >= 4 is 17.1 Å². The highest BCUT2D eigenvalue weighted by molar-refractivity contribution is 5.71. The van der Waals surface area contributed by atoms with Gasteiger partial charge < -0.3 is 0 Å². The molecule has 27 heavy (non-hydrogen) atoms. The van der Waals surface area contributed by atoms with Gasteiger partial charge in [0, 0.05) is 28.1 Å². The van der Waals surface area contributed by atoms with Gasteiger partial charge in [-0.15, -0.1) is 0 Å². The first-order chi connectivity index (χ1) is 13.0. The smallest absolute Gasteiger partial charge is 0.162 e. The number of benzene rings is 1. The maximum absolute atomic E-state index is 14.8. The Morgan fingerprint density at radius 1 is 0.852 bits per heavy atom. The molecule has 0 bridgehead atoms. The Labute approximate surface area is 152 Å². The van der Waals surface area contributed by atoms with Crippen LogP contribution < -0.4 is 10.4 Å². The summed E-state index contributed by atoms with van der Waals surface area (Å²) in [5.74, 6) is -0.558. The van der Waals surface area contributed by atoms with E-state index >= 15 is 0 Å². The summed E-state index contributed by atoms with van der Waals surface area (Å²) in [4.78, 5) is 3.48. The Balaban J connectivity index is 4.38. The van der Waals surface area contributed by atoms with Crippen molar-refractivity contribution in [3.8, 4) is 24.3 Å². The summed E-state index contributed by atoms with van der Waals surface area (Å²) in [6.07, 6.45) is 0. The molecule has 0 saturated carbocycles. The summed E-state index contributed by atoms with van der Waals surface area (Å²) in [5.41, 5.74) is 8.59. The number of hydrogen-bond donors (Lipinski definition) is 0. The molecule has 0 atom stereocenters. The van der Waals surface area contributed by atoms with Gasteiger partial charge in [-0.3, -0.25) is 0 Å². The lowest BCUT2D eigenvalue weighted by Crippen LogP contribution is -2.30. The van der Waals surface area contributed by atoms with E-state index in [0.717, 1.165) is 6.92 Å². The molecule has 0 aliphatic heterocycles. The van der Waals surface area contributed by atoms with Crippen molar-refractivity contribution in [2.45, 2.75) is 6.92 Å². The van der Waals surface area contributed by atoms with E-state index in [1.165, 1.54) is 18.2 Å². The molecule has 0 aromatic heterocycles. The van der Waals surface area contributed by atoms with Gasteiger partial charge in [-0.05, 0) is 25.0 Å². The molecule has 0 fully saturated rings. The highest BCUT2D eigenvalue weighted by atomic mass is 19.1. The lowest BCUT2D eigenvalue weighted by molar-refractivity contribution is 0.577. The molecule has 124 valence electrons. The fourth-order valence-electron chi connectivity index (χ4n) is 1.88. The summed E-state index contributed by atoms with van der Waals surface area (Å²) < 4.78 is 29.4. The van der Waals surface area contributed by atoms with Crippen LogP contribution in [0.5, 0.6) is 0 Å². The van der Waals surface area contributed by atoms with Crippen LogP contribution in [0, 0.1) is 57.0 Å². The van der Waals surface area contributed by atoms with E-state index in [1.807, 2.05) is 0 Å². The maximum atomic E-state index is 14.8. The largest absolute Gasteiger partial charge is 0.205 e. The van der Waals surface area contributed by atoms with Crippen LogP contribution in [0.4, 0.5) is 8.78 Å². The molecule has 0 radical (unpaired) electrons. The van der Waals surface area contributed by atoms with Gasteiger partial charge in [0.05, 0.1) is 16.9 Å². The van der Waals surface area contributed by atoms with Gasteiger partial charge in [0.1, 0.15) is 23.8 Å². The molecule has 0 heterocycles. The minimum absolute atomic E-state index is 0.303. The molecular weight excluding hydrogens is 348 g/mol. The van der Waals surface area contributed by atoms with Gasteiger partial charge in [-0.2, -0.15) is 26.0 Å². The first-order valence-electron chi connectivity index (χ1n) is 6.82. The predicted octanol–water partition coefficient (Wildman–Crippen LogP) is 1.67. The molecule has 0 spiro atoms. The van der Waals surface area contributed by atoms with E-state index < -0.39 is 38.9 Å². The average Bonchev–Trinajstić information content (AvgIpc) is 2.68. The first kappa shape index (κ1) is 20.2. The zero-order valence-corrected chi connectivity index (χ0v) is 13.7. The van der Waals surface area contributed by atoms with E-state index in [2.05, 4.69) is 46.1 Å². The van der Waals surface area contributed by atoms with Crippen molar-refractivity contribution in [2.24, 2.45) is 4.99 Å². The highest BCUT2D eigenvalue weighted by Crippen LogP contribution is 2.08. The van der Waals surface area contributed by atoms with Gasteiger partial charge in [-0.1, -0.05) is 5.73 Å². The van der Waals surface area contributed by atoms with Gasteiger partial charge >= 0.3 is 0 Å². The second-order valence-corrected chi connectivity index (χ2v) is 4.45. The fraction of sp³-hybridized carbons (Fsp3) is 0.0500. The third-order valence-corrected chi connectivity index (χ3v) is 2.99. The Kier molecular flexibility index (Phi) is 7.05. The number of rotatable bonds is 1. The molecule has 0 N–H and O–H groups in total. The van der Waals surface area contributed by atoms with Crippen LogP contribution in [-0.4, -0.2) is 5.87 Å². The lowest BCUT2D eigenvalue weighted by Gasteiger charge is -2.04. The van der Waals surface area contributed by atoms with Gasteiger partial charge in [0.25, 0.3) is 0 Å². The molecule has 0 amide bonds. The van der Waals surface area contributed by atoms with Crippen LogP contribution >= 0.6 is 0 Å². The summed E-state index contributed by atoms with van der Waals surface area (Å²) in [5, 5.41) is 35.0. The van der Waals surface area contributed by atoms with Crippen molar-refractivity contribution in [1.82, 2.24) is 0 Å². The number of hydrogen-bond acceptors (Lipinski definition) is 5. The van der Waals surface area contributed by atoms with E-state index in [-0.39, 0.29) is 5.57 Å². The summed E-state index contributed by atoms with van der Waals surface area (Å²) >= 11 is 0. The highest BCUT2D eigenvalue weighted by Gasteiger charge is 2.21. The second-order valence-electron chi connectivity index (χ2n) is 4.45. The van der Waals surface area contributed by atoms with Crippen LogP contribution in [0.1, 0.15) is 18.1 Å². The Morgan fingerprint density at radius 3 is 1.93 bits per heavy atom. The van der Waals surface area contributed by atoms with Crippen molar-refractivity contribution < 1.29 is 8.78 Å². The van der Waals surface area contributed by atoms with E-state index in [4.69, 9.17) is 10.5 Å². The normalized spacial score (nSPS) is 10.3. The summed E-state index contributed by atoms with van der Waals surface area (Å²) in [6.45, 7) is 4.39. The van der Waals surface area contributed by atoms with Crippen LogP contribution in [0.3, 0.4) is 0 Å². The monoisotopic (exact) mass is 353 g/mol. The Morgan fingerprint density at radius 2 is 1.41 bits per heavy atom. The number of halogens is 2. The van der Waals surface area contributed by atoms with E-state index in [1.54, 1.807) is 6.07 Å². The molecule has 0 aliphatic rings. The minimum Gasteiger partial charge on any atom is -0.205 e. The van der Waals surface area contributed by atoms with Gasteiger partial charge in [-0.25, -0.2) is 8.78 Å². The molecule has 0 saturated heterocycles. The van der Waals surface area contributed by atoms with E-state index in [9.17, 15) is 19.3 Å². The summed E-state index contributed by atoms with van der Waals surface area (Å²) in [7, 11) is 0. The van der Waals surface area contributed by atoms with Crippen LogP contribution in [0.15, 0.2) is 40.2 Å². The molecule has 5 nitrogen and oxygen atoms in total. The van der Waals surface area contributed by atoms with Crippen molar-refractivity contribution in [3.63, 3.8) is 0 Å². The zero-order chi connectivity index (χ0) is 20.4.